The van der Waals surface area contributed by atoms with Crippen LogP contribution in [0.2, 0.25) is 5.02 Å². The molecule has 0 bridgehead atoms. The lowest BCUT2D eigenvalue weighted by molar-refractivity contribution is -0.122. The number of nitrogens with one attached hydrogen (secondary N) is 2. The van der Waals surface area contributed by atoms with Crippen LogP contribution in [0.1, 0.15) is 20.8 Å². The number of nitrogens with two attached hydrogens (primary N) is 1. The summed E-state index contributed by atoms with van der Waals surface area (Å²) in [5.41, 5.74) is 5.84. The Balaban J connectivity index is 2.85. The summed E-state index contributed by atoms with van der Waals surface area (Å²) in [4.78, 5) is 11.7. The largest absolute Gasteiger partial charge is 0.399 e. The standard InChI is InChI=1S/C13H20ClN3O3S/c1-8(2)7-16-13(18)9(3)17-21(19,20)12-6-10(15)4-5-11(12)14/h4-6,8-9,17H,7,15H2,1-3H3,(H,16,18). The Morgan fingerprint density at radius 3 is 2.52 bits per heavy atom. The first-order valence-corrected chi connectivity index (χ1v) is 8.34. The normalized spacial score (nSPS) is 13.2. The van der Waals surface area contributed by atoms with Crippen LogP contribution in [-0.4, -0.2) is 26.9 Å². The van der Waals surface area contributed by atoms with E-state index in [1.807, 2.05) is 13.8 Å². The zero-order valence-corrected chi connectivity index (χ0v) is 13.8. The van der Waals surface area contributed by atoms with E-state index < -0.39 is 22.0 Å². The van der Waals surface area contributed by atoms with E-state index in [4.69, 9.17) is 17.3 Å². The van der Waals surface area contributed by atoms with E-state index in [0.29, 0.717) is 6.54 Å². The lowest BCUT2D eigenvalue weighted by Crippen LogP contribution is -2.45. The summed E-state index contributed by atoms with van der Waals surface area (Å²) < 4.78 is 26.7. The molecule has 1 amide bonds. The highest BCUT2D eigenvalue weighted by Crippen LogP contribution is 2.23. The Bertz CT molecular complexity index is 617. The molecule has 0 aromatic heterocycles. The van der Waals surface area contributed by atoms with E-state index in [1.165, 1.54) is 25.1 Å². The summed E-state index contributed by atoms with van der Waals surface area (Å²) in [6.07, 6.45) is 0. The number of halogens is 1. The molecule has 0 spiro atoms. The van der Waals surface area contributed by atoms with E-state index in [9.17, 15) is 13.2 Å². The second-order valence-electron chi connectivity index (χ2n) is 5.17. The third kappa shape index (κ3) is 5.18. The summed E-state index contributed by atoms with van der Waals surface area (Å²) in [5.74, 6) is -0.117. The van der Waals surface area contributed by atoms with Gasteiger partial charge in [-0.3, -0.25) is 4.79 Å². The maximum absolute atomic E-state index is 12.2. The average molecular weight is 334 g/mol. The van der Waals surface area contributed by atoms with Crippen molar-refractivity contribution in [3.63, 3.8) is 0 Å². The summed E-state index contributed by atoms with van der Waals surface area (Å²) in [7, 11) is -3.92. The van der Waals surface area contributed by atoms with Gasteiger partial charge in [0.05, 0.1) is 11.1 Å². The molecule has 1 atom stereocenters. The van der Waals surface area contributed by atoms with Gasteiger partial charge in [-0.15, -0.1) is 0 Å². The van der Waals surface area contributed by atoms with Crippen LogP contribution in [0.25, 0.3) is 0 Å². The minimum absolute atomic E-state index is 0.0477. The molecule has 1 aromatic carbocycles. The first-order valence-electron chi connectivity index (χ1n) is 6.48. The van der Waals surface area contributed by atoms with Crippen LogP contribution in [0.3, 0.4) is 0 Å². The number of anilines is 1. The number of rotatable bonds is 6. The second kappa shape index (κ2) is 7.11. The fourth-order valence-electron chi connectivity index (χ4n) is 1.53. The van der Waals surface area contributed by atoms with Crippen LogP contribution >= 0.6 is 11.6 Å². The van der Waals surface area contributed by atoms with Gasteiger partial charge >= 0.3 is 0 Å². The smallest absolute Gasteiger partial charge is 0.242 e. The first kappa shape index (κ1) is 17.7. The topological polar surface area (TPSA) is 101 Å². The molecule has 21 heavy (non-hydrogen) atoms. The Labute approximate surface area is 130 Å². The van der Waals surface area contributed by atoms with Crippen molar-refractivity contribution < 1.29 is 13.2 Å². The molecule has 0 aliphatic rings. The highest BCUT2D eigenvalue weighted by Gasteiger charge is 2.24. The minimum Gasteiger partial charge on any atom is -0.399 e. The van der Waals surface area contributed by atoms with Crippen LogP contribution < -0.4 is 15.8 Å². The van der Waals surface area contributed by atoms with E-state index in [1.54, 1.807) is 0 Å². The number of hydrogen-bond donors (Lipinski definition) is 3. The molecule has 1 unspecified atom stereocenters. The molecule has 6 nitrogen and oxygen atoms in total. The lowest BCUT2D eigenvalue weighted by atomic mass is 10.2. The van der Waals surface area contributed by atoms with Gasteiger partial charge < -0.3 is 11.1 Å². The van der Waals surface area contributed by atoms with E-state index in [-0.39, 0.29) is 21.5 Å². The predicted octanol–water partition coefficient (Wildman–Crippen LogP) is 1.36. The summed E-state index contributed by atoms with van der Waals surface area (Å²) in [6, 6.07) is 3.24. The molecule has 118 valence electrons. The maximum atomic E-state index is 12.2. The minimum atomic E-state index is -3.92. The quantitative estimate of drug-likeness (QED) is 0.684. The van der Waals surface area contributed by atoms with Gasteiger partial charge in [0, 0.05) is 12.2 Å². The molecule has 0 heterocycles. The number of carbonyl (C=O) groups excluding carboxylic acids is 1. The van der Waals surface area contributed by atoms with Crippen molar-refractivity contribution in [3.05, 3.63) is 23.2 Å². The highest BCUT2D eigenvalue weighted by atomic mass is 35.5. The van der Waals surface area contributed by atoms with Crippen molar-refractivity contribution in [3.8, 4) is 0 Å². The van der Waals surface area contributed by atoms with Crippen LogP contribution in [0, 0.1) is 5.92 Å². The van der Waals surface area contributed by atoms with Crippen LogP contribution in [0.5, 0.6) is 0 Å². The first-order chi connectivity index (χ1) is 9.63. The van der Waals surface area contributed by atoms with Crippen LogP contribution in [-0.2, 0) is 14.8 Å². The molecule has 0 fully saturated rings. The van der Waals surface area contributed by atoms with Crippen molar-refractivity contribution in [2.24, 2.45) is 5.92 Å². The van der Waals surface area contributed by atoms with Gasteiger partial charge in [0.2, 0.25) is 15.9 Å². The molecule has 1 rings (SSSR count). The lowest BCUT2D eigenvalue weighted by Gasteiger charge is -2.16. The third-order valence-corrected chi connectivity index (χ3v) is 4.68. The predicted molar refractivity (Wildman–Crippen MR) is 83.5 cm³/mol. The van der Waals surface area contributed by atoms with E-state index in [2.05, 4.69) is 10.0 Å². The molecule has 4 N–H and O–H groups in total. The van der Waals surface area contributed by atoms with Gasteiger partial charge in [0.25, 0.3) is 0 Å². The van der Waals surface area contributed by atoms with Crippen molar-refractivity contribution in [1.29, 1.82) is 0 Å². The van der Waals surface area contributed by atoms with Crippen molar-refractivity contribution in [1.82, 2.24) is 10.0 Å². The number of hydrogen-bond acceptors (Lipinski definition) is 4. The van der Waals surface area contributed by atoms with Gasteiger partial charge in [0.15, 0.2) is 0 Å². The van der Waals surface area contributed by atoms with Crippen LogP contribution in [0.15, 0.2) is 23.1 Å². The molecule has 0 aliphatic carbocycles. The van der Waals surface area contributed by atoms with E-state index >= 15 is 0 Å². The Morgan fingerprint density at radius 2 is 1.95 bits per heavy atom. The number of benzene rings is 1. The second-order valence-corrected chi connectivity index (χ2v) is 7.26. The fraction of sp³-hybridized carbons (Fsp3) is 0.462. The molecule has 0 aliphatic heterocycles. The van der Waals surface area contributed by atoms with E-state index in [0.717, 1.165) is 0 Å². The van der Waals surface area contributed by atoms with Crippen molar-refractivity contribution in [2.75, 3.05) is 12.3 Å². The Morgan fingerprint density at radius 1 is 1.33 bits per heavy atom. The Kier molecular flexibility index (Phi) is 6.00. The number of amides is 1. The number of nitrogen functional groups attached to an aromatic ring is 1. The molecule has 1 aromatic rings. The monoisotopic (exact) mass is 333 g/mol. The van der Waals surface area contributed by atoms with Crippen molar-refractivity contribution >= 4 is 33.2 Å². The van der Waals surface area contributed by atoms with Gasteiger partial charge in [-0.05, 0) is 31.0 Å². The summed E-state index contributed by atoms with van der Waals surface area (Å²) in [5, 5.41) is 2.71. The number of carbonyl (C=O) groups is 1. The average Bonchev–Trinajstić information content (AvgIpc) is 2.37. The highest BCUT2D eigenvalue weighted by molar-refractivity contribution is 7.89. The van der Waals surface area contributed by atoms with Gasteiger partial charge in [0.1, 0.15) is 4.90 Å². The van der Waals surface area contributed by atoms with Gasteiger partial charge in [-0.2, -0.15) is 4.72 Å². The zero-order chi connectivity index (χ0) is 16.2. The molecule has 0 saturated carbocycles. The molecular weight excluding hydrogens is 314 g/mol. The number of sulfonamides is 1. The Hall–Kier alpha value is -1.31. The van der Waals surface area contributed by atoms with Crippen LogP contribution in [0.4, 0.5) is 5.69 Å². The summed E-state index contributed by atoms with van der Waals surface area (Å²) in [6.45, 7) is 5.83. The van der Waals surface area contributed by atoms with Gasteiger partial charge in [-0.1, -0.05) is 25.4 Å². The van der Waals surface area contributed by atoms with Gasteiger partial charge in [-0.25, -0.2) is 8.42 Å². The molecule has 0 saturated heterocycles. The SMILES string of the molecule is CC(C)CNC(=O)C(C)NS(=O)(=O)c1cc(N)ccc1Cl. The molecular formula is C13H20ClN3O3S. The zero-order valence-electron chi connectivity index (χ0n) is 12.2. The fourth-order valence-corrected chi connectivity index (χ4v) is 3.27. The summed E-state index contributed by atoms with van der Waals surface area (Å²) >= 11 is 5.87. The molecule has 8 heteroatoms. The van der Waals surface area contributed by atoms with Crippen molar-refractivity contribution in [2.45, 2.75) is 31.7 Å². The third-order valence-electron chi connectivity index (χ3n) is 2.65. The maximum Gasteiger partial charge on any atom is 0.242 e. The molecule has 0 radical (unpaired) electrons.